The summed E-state index contributed by atoms with van der Waals surface area (Å²) in [6, 6.07) is 0. The van der Waals surface area contributed by atoms with Crippen molar-refractivity contribution in [2.75, 3.05) is 18.6 Å². The average molecular weight is 181 g/mol. The number of hydrogen-bond donors (Lipinski definition) is 2. The van der Waals surface area contributed by atoms with Gasteiger partial charge >= 0.3 is 0 Å². The zero-order chi connectivity index (χ0) is 7.82. The van der Waals surface area contributed by atoms with Crippen LogP contribution in [0, 0.1) is 0 Å². The predicted molar refractivity (Wildman–Crippen MR) is 46.3 cm³/mol. The lowest BCUT2D eigenvalue weighted by Crippen LogP contribution is -2.15. The minimum absolute atomic E-state index is 0.448. The van der Waals surface area contributed by atoms with Crippen molar-refractivity contribution < 1.29 is 8.76 Å². The van der Waals surface area contributed by atoms with Gasteiger partial charge in [0.05, 0.1) is 0 Å². The molecule has 0 spiro atoms. The molecular weight excluding hydrogens is 170 g/mol. The van der Waals surface area contributed by atoms with Crippen LogP contribution in [0.2, 0.25) is 0 Å². The van der Waals surface area contributed by atoms with Crippen molar-refractivity contribution in [3.8, 4) is 0 Å². The predicted octanol–water partition coefficient (Wildman–Crippen LogP) is 0.632. The zero-order valence-electron chi connectivity index (χ0n) is 5.74. The maximum Gasteiger partial charge on any atom is 0.232 e. The molecule has 0 aromatic heterocycles. The lowest BCUT2D eigenvalue weighted by atomic mass is 10.5. The zero-order valence-corrected chi connectivity index (χ0v) is 7.37. The molecule has 0 aromatic carbocycles. The van der Waals surface area contributed by atoms with Crippen molar-refractivity contribution in [1.82, 2.24) is 4.72 Å². The highest BCUT2D eigenvalue weighted by Gasteiger charge is 1.84. The van der Waals surface area contributed by atoms with E-state index < -0.39 is 11.3 Å². The second kappa shape index (κ2) is 7.27. The van der Waals surface area contributed by atoms with Crippen molar-refractivity contribution in [1.29, 1.82) is 0 Å². The largest absolute Gasteiger partial charge is 0.294 e. The molecule has 1 unspecified atom stereocenters. The third-order valence-corrected chi connectivity index (χ3v) is 1.69. The Morgan fingerprint density at radius 2 is 2.40 bits per heavy atom. The Bertz CT molecular complexity index is 127. The molecular formula is C5H11NO2S2. The van der Waals surface area contributed by atoms with E-state index in [1.54, 1.807) is 11.8 Å². The third-order valence-electron chi connectivity index (χ3n) is 0.754. The van der Waals surface area contributed by atoms with Crippen LogP contribution in [0.25, 0.3) is 0 Å². The Kier molecular flexibility index (Phi) is 7.39. The normalized spacial score (nSPS) is 14.2. The van der Waals surface area contributed by atoms with Gasteiger partial charge < -0.3 is 0 Å². The summed E-state index contributed by atoms with van der Waals surface area (Å²) in [5, 5.41) is 0. The van der Waals surface area contributed by atoms with Gasteiger partial charge in [-0.15, -0.1) is 0 Å². The van der Waals surface area contributed by atoms with Crippen molar-refractivity contribution in [2.45, 2.75) is 0 Å². The average Bonchev–Trinajstić information content (AvgIpc) is 1.87. The molecule has 5 heteroatoms. The van der Waals surface area contributed by atoms with E-state index in [-0.39, 0.29) is 0 Å². The first-order valence-corrected chi connectivity index (χ1v) is 5.25. The Morgan fingerprint density at radius 1 is 1.70 bits per heavy atom. The summed E-state index contributed by atoms with van der Waals surface area (Å²) in [7, 11) is 0. The molecule has 0 aromatic rings. The van der Waals surface area contributed by atoms with Gasteiger partial charge in [-0.2, -0.15) is 11.8 Å². The molecule has 0 heterocycles. The number of rotatable bonds is 5. The van der Waals surface area contributed by atoms with Gasteiger partial charge in [0.15, 0.2) is 0 Å². The van der Waals surface area contributed by atoms with Crippen LogP contribution in [0.15, 0.2) is 12.2 Å². The van der Waals surface area contributed by atoms with E-state index in [0.717, 1.165) is 5.75 Å². The Hall–Kier alpha value is 0.160. The van der Waals surface area contributed by atoms with E-state index in [1.165, 1.54) is 0 Å². The third kappa shape index (κ3) is 8.16. The molecule has 0 aliphatic carbocycles. The number of hydrogen-bond acceptors (Lipinski definition) is 2. The first-order valence-electron chi connectivity index (χ1n) is 2.75. The molecule has 0 aliphatic rings. The summed E-state index contributed by atoms with van der Waals surface area (Å²) in [4.78, 5) is 0. The molecule has 0 bridgehead atoms. The van der Waals surface area contributed by atoms with Crippen LogP contribution in [-0.4, -0.2) is 27.3 Å². The molecule has 0 fully saturated rings. The summed E-state index contributed by atoms with van der Waals surface area (Å²) < 4.78 is 20.6. The van der Waals surface area contributed by atoms with Gasteiger partial charge in [0.2, 0.25) is 11.3 Å². The highest BCUT2D eigenvalue weighted by molar-refractivity contribution is 7.98. The van der Waals surface area contributed by atoms with Gasteiger partial charge in [0, 0.05) is 12.3 Å². The van der Waals surface area contributed by atoms with Gasteiger partial charge in [0.1, 0.15) is 0 Å². The molecule has 60 valence electrons. The first-order chi connectivity index (χ1) is 4.77. The van der Waals surface area contributed by atoms with Gasteiger partial charge in [0.25, 0.3) is 0 Å². The molecule has 0 saturated heterocycles. The number of nitrogens with one attached hydrogen (secondary N) is 1. The van der Waals surface area contributed by atoms with Crippen LogP contribution >= 0.6 is 11.8 Å². The van der Waals surface area contributed by atoms with E-state index in [0.29, 0.717) is 6.54 Å². The fourth-order valence-electron chi connectivity index (χ4n) is 0.367. The van der Waals surface area contributed by atoms with Gasteiger partial charge in [-0.05, 0) is 6.26 Å². The van der Waals surface area contributed by atoms with Crippen molar-refractivity contribution in [2.24, 2.45) is 0 Å². The van der Waals surface area contributed by atoms with E-state index in [2.05, 4.69) is 4.72 Å². The first kappa shape index (κ1) is 10.2. The van der Waals surface area contributed by atoms with E-state index in [1.807, 2.05) is 18.4 Å². The molecule has 0 saturated carbocycles. The van der Waals surface area contributed by atoms with Crippen molar-refractivity contribution >= 4 is 23.0 Å². The molecule has 1 atom stereocenters. The minimum Gasteiger partial charge on any atom is -0.294 e. The van der Waals surface area contributed by atoms with Crippen LogP contribution in [0.1, 0.15) is 0 Å². The second-order valence-electron chi connectivity index (χ2n) is 1.52. The fourth-order valence-corrected chi connectivity index (χ4v) is 0.934. The lowest BCUT2D eigenvalue weighted by molar-refractivity contribution is 0.553. The van der Waals surface area contributed by atoms with Crippen LogP contribution in [0.3, 0.4) is 0 Å². The van der Waals surface area contributed by atoms with Crippen molar-refractivity contribution in [3.63, 3.8) is 0 Å². The molecule has 0 rings (SSSR count). The summed E-state index contributed by atoms with van der Waals surface area (Å²) in [6.07, 6.45) is 5.77. The van der Waals surface area contributed by atoms with Gasteiger partial charge in [-0.25, -0.2) is 8.93 Å². The molecule has 0 amide bonds. The lowest BCUT2D eigenvalue weighted by Gasteiger charge is -1.90. The Labute approximate surface area is 67.7 Å². The summed E-state index contributed by atoms with van der Waals surface area (Å²) in [5.41, 5.74) is 0. The highest BCUT2D eigenvalue weighted by atomic mass is 32.2. The molecule has 2 N–H and O–H groups in total. The SMILES string of the molecule is CSCC=CCNS(=O)O. The topological polar surface area (TPSA) is 49.3 Å². The van der Waals surface area contributed by atoms with Gasteiger partial charge in [-0.1, -0.05) is 12.2 Å². The van der Waals surface area contributed by atoms with Crippen LogP contribution in [-0.2, 0) is 11.3 Å². The van der Waals surface area contributed by atoms with Crippen LogP contribution in [0.5, 0.6) is 0 Å². The smallest absolute Gasteiger partial charge is 0.232 e. The monoisotopic (exact) mass is 181 g/mol. The highest BCUT2D eigenvalue weighted by Crippen LogP contribution is 1.89. The maximum atomic E-state index is 9.99. The molecule has 3 nitrogen and oxygen atoms in total. The van der Waals surface area contributed by atoms with E-state index in [9.17, 15) is 4.21 Å². The molecule has 0 radical (unpaired) electrons. The van der Waals surface area contributed by atoms with Crippen molar-refractivity contribution in [3.05, 3.63) is 12.2 Å². The van der Waals surface area contributed by atoms with Gasteiger partial charge in [-0.3, -0.25) is 4.55 Å². The minimum atomic E-state index is -1.88. The standard InChI is InChI=1S/C5H11NO2S2/c1-9-5-3-2-4-6-10(7)8/h2-3,6H,4-5H2,1H3,(H,7,8). The maximum absolute atomic E-state index is 9.99. The van der Waals surface area contributed by atoms with Crippen LogP contribution < -0.4 is 4.72 Å². The quantitative estimate of drug-likeness (QED) is 0.483. The molecule has 10 heavy (non-hydrogen) atoms. The van der Waals surface area contributed by atoms with Crippen LogP contribution in [0.4, 0.5) is 0 Å². The Balaban J connectivity index is 3.10. The number of thioether (sulfide) groups is 1. The molecule has 0 aliphatic heterocycles. The second-order valence-corrected chi connectivity index (χ2v) is 3.22. The fraction of sp³-hybridized carbons (Fsp3) is 0.600. The summed E-state index contributed by atoms with van der Waals surface area (Å²) >= 11 is -0.172. The summed E-state index contributed by atoms with van der Waals surface area (Å²) in [5.74, 6) is 0.944. The Morgan fingerprint density at radius 3 is 2.90 bits per heavy atom. The summed E-state index contributed by atoms with van der Waals surface area (Å²) in [6.45, 7) is 0.448. The van der Waals surface area contributed by atoms with E-state index >= 15 is 0 Å². The van der Waals surface area contributed by atoms with E-state index in [4.69, 9.17) is 4.55 Å².